The molecule has 120 valence electrons. The molecule has 1 aromatic carbocycles. The molecule has 2 rings (SSSR count). The summed E-state index contributed by atoms with van der Waals surface area (Å²) in [7, 11) is -7.86. The van der Waals surface area contributed by atoms with Gasteiger partial charge in [-0.25, -0.2) is 26.3 Å². The molecular weight excluding hydrogens is 348 g/mol. The molecular formula is C11H14N4O4S3. The Balaban J connectivity index is 2.49. The van der Waals surface area contributed by atoms with E-state index < -0.39 is 24.4 Å². The second-order valence-electron chi connectivity index (χ2n) is 4.29. The minimum absolute atomic E-state index is 0.0327. The van der Waals surface area contributed by atoms with Crippen molar-refractivity contribution in [1.29, 1.82) is 0 Å². The van der Waals surface area contributed by atoms with Crippen LogP contribution in [0.1, 0.15) is 13.3 Å². The molecule has 0 saturated carbocycles. The van der Waals surface area contributed by atoms with Crippen molar-refractivity contribution in [2.75, 3.05) is 10.8 Å². The third-order valence-corrected chi connectivity index (χ3v) is 6.79. The molecule has 0 saturated heterocycles. The second-order valence-corrected chi connectivity index (χ2v) is 8.84. The van der Waals surface area contributed by atoms with Gasteiger partial charge in [-0.1, -0.05) is 36.5 Å². The summed E-state index contributed by atoms with van der Waals surface area (Å²) in [5.41, 5.74) is 0. The lowest BCUT2D eigenvalue weighted by Crippen LogP contribution is -2.31. The largest absolute Gasteiger partial charge is 0.267 e. The quantitative estimate of drug-likeness (QED) is 0.810. The predicted octanol–water partition coefficient (Wildman–Crippen LogP) is 0.791. The maximum absolute atomic E-state index is 12.7. The van der Waals surface area contributed by atoms with Crippen molar-refractivity contribution in [3.63, 3.8) is 0 Å². The highest BCUT2D eigenvalue weighted by Gasteiger charge is 2.28. The first-order valence-corrected chi connectivity index (χ1v) is 10.0. The van der Waals surface area contributed by atoms with E-state index in [-0.39, 0.29) is 16.6 Å². The molecule has 11 heteroatoms. The molecule has 0 aliphatic rings. The molecule has 1 aromatic heterocycles. The molecule has 0 bridgehead atoms. The zero-order chi connectivity index (χ0) is 16.4. The van der Waals surface area contributed by atoms with Crippen LogP contribution in [0.25, 0.3) is 0 Å². The van der Waals surface area contributed by atoms with Gasteiger partial charge >= 0.3 is 0 Å². The zero-order valence-electron chi connectivity index (χ0n) is 11.6. The summed E-state index contributed by atoms with van der Waals surface area (Å²) >= 11 is 0.621. The summed E-state index contributed by atoms with van der Waals surface area (Å²) in [6, 6.07) is 7.83. The zero-order valence-corrected chi connectivity index (χ0v) is 14.0. The Morgan fingerprint density at radius 2 is 1.77 bits per heavy atom. The minimum Gasteiger partial charge on any atom is -0.240 e. The van der Waals surface area contributed by atoms with E-state index in [4.69, 9.17) is 5.14 Å². The summed E-state index contributed by atoms with van der Waals surface area (Å²) in [5, 5.41) is 12.0. The van der Waals surface area contributed by atoms with E-state index in [1.165, 1.54) is 12.1 Å². The molecule has 0 unspecified atom stereocenters. The molecule has 8 nitrogen and oxygen atoms in total. The van der Waals surface area contributed by atoms with E-state index in [9.17, 15) is 16.8 Å². The maximum atomic E-state index is 12.7. The number of aromatic nitrogens is 2. The van der Waals surface area contributed by atoms with Crippen LogP contribution in [-0.2, 0) is 20.0 Å². The Morgan fingerprint density at radius 3 is 2.27 bits per heavy atom. The van der Waals surface area contributed by atoms with Gasteiger partial charge in [-0.3, -0.25) is 0 Å². The van der Waals surface area contributed by atoms with Crippen molar-refractivity contribution >= 4 is 36.5 Å². The Morgan fingerprint density at radius 1 is 1.14 bits per heavy atom. The fourth-order valence-corrected chi connectivity index (χ4v) is 4.84. The van der Waals surface area contributed by atoms with Gasteiger partial charge in [0.1, 0.15) is 0 Å². The summed E-state index contributed by atoms with van der Waals surface area (Å²) in [6.07, 6.45) is 0.524. The topological polar surface area (TPSA) is 123 Å². The molecule has 0 radical (unpaired) electrons. The third kappa shape index (κ3) is 3.43. The van der Waals surface area contributed by atoms with Gasteiger partial charge in [-0.15, -0.1) is 10.2 Å². The number of sulfonamides is 2. The lowest BCUT2D eigenvalue weighted by molar-refractivity contribution is 0.589. The Kier molecular flexibility index (Phi) is 4.80. The number of hydrogen-bond acceptors (Lipinski definition) is 7. The Labute approximate surface area is 132 Å². The highest BCUT2D eigenvalue weighted by Crippen LogP contribution is 2.28. The van der Waals surface area contributed by atoms with E-state index in [2.05, 4.69) is 10.2 Å². The summed E-state index contributed by atoms with van der Waals surface area (Å²) in [6.45, 7) is 1.95. The number of hydrogen-bond donors (Lipinski definition) is 1. The molecule has 0 amide bonds. The van der Waals surface area contributed by atoms with Crippen molar-refractivity contribution in [3.05, 3.63) is 30.3 Å². The summed E-state index contributed by atoms with van der Waals surface area (Å²) < 4.78 is 48.5. The van der Waals surface area contributed by atoms with E-state index >= 15 is 0 Å². The van der Waals surface area contributed by atoms with Gasteiger partial charge in [0, 0.05) is 6.54 Å². The first-order valence-electron chi connectivity index (χ1n) is 6.21. The van der Waals surface area contributed by atoms with Crippen molar-refractivity contribution in [2.24, 2.45) is 5.14 Å². The number of primary sulfonamides is 1. The molecule has 1 heterocycles. The van der Waals surface area contributed by atoms with Crippen molar-refractivity contribution in [2.45, 2.75) is 22.6 Å². The van der Waals surface area contributed by atoms with Crippen LogP contribution in [-0.4, -0.2) is 33.6 Å². The average molecular weight is 362 g/mol. The van der Waals surface area contributed by atoms with Gasteiger partial charge < -0.3 is 0 Å². The maximum Gasteiger partial charge on any atom is 0.267 e. The Bertz CT molecular complexity index is 846. The van der Waals surface area contributed by atoms with Gasteiger partial charge in [0.15, 0.2) is 0 Å². The molecule has 0 spiro atoms. The standard InChI is InChI=1S/C11H14N4O4S3/c1-2-8-15(10-13-14-11(20-10)21(12,16)17)22(18,19)9-6-4-3-5-7-9/h3-7H,2,8H2,1H3,(H2,12,16,17). The van der Waals surface area contributed by atoms with Crippen molar-refractivity contribution in [3.8, 4) is 0 Å². The smallest absolute Gasteiger partial charge is 0.240 e. The van der Waals surface area contributed by atoms with Crippen LogP contribution in [0.15, 0.2) is 39.6 Å². The molecule has 2 aromatic rings. The van der Waals surface area contributed by atoms with Gasteiger partial charge in [-0.05, 0) is 18.6 Å². The lowest BCUT2D eigenvalue weighted by Gasteiger charge is -2.20. The van der Waals surface area contributed by atoms with Gasteiger partial charge in [0.25, 0.3) is 20.0 Å². The van der Waals surface area contributed by atoms with Gasteiger partial charge in [0.2, 0.25) is 9.47 Å². The highest BCUT2D eigenvalue weighted by atomic mass is 32.2. The molecule has 0 aliphatic carbocycles. The van der Waals surface area contributed by atoms with E-state index in [1.807, 2.05) is 0 Å². The molecule has 2 N–H and O–H groups in total. The number of rotatable bonds is 6. The fraction of sp³-hybridized carbons (Fsp3) is 0.273. The Hall–Kier alpha value is -1.56. The fourth-order valence-electron chi connectivity index (χ4n) is 1.66. The van der Waals surface area contributed by atoms with Crippen molar-refractivity contribution < 1.29 is 16.8 Å². The SMILES string of the molecule is CCCN(c1nnc(S(N)(=O)=O)s1)S(=O)(=O)c1ccccc1. The minimum atomic E-state index is -4.02. The van der Waals surface area contributed by atoms with Crippen LogP contribution < -0.4 is 9.44 Å². The molecule has 0 fully saturated rings. The number of anilines is 1. The number of nitrogens with zero attached hydrogens (tertiary/aromatic N) is 3. The first-order chi connectivity index (χ1) is 10.3. The molecule has 0 atom stereocenters. The van der Waals surface area contributed by atoms with Crippen LogP contribution in [0.5, 0.6) is 0 Å². The lowest BCUT2D eigenvalue weighted by atomic mass is 10.4. The summed E-state index contributed by atoms with van der Waals surface area (Å²) in [4.78, 5) is 0.0933. The van der Waals surface area contributed by atoms with E-state index in [0.717, 1.165) is 4.31 Å². The van der Waals surface area contributed by atoms with E-state index in [0.29, 0.717) is 17.8 Å². The van der Waals surface area contributed by atoms with Crippen LogP contribution in [0.4, 0.5) is 5.13 Å². The molecule has 0 aliphatic heterocycles. The average Bonchev–Trinajstić information content (AvgIpc) is 2.95. The predicted molar refractivity (Wildman–Crippen MR) is 82.5 cm³/mol. The van der Waals surface area contributed by atoms with Gasteiger partial charge in [0.05, 0.1) is 4.90 Å². The highest BCUT2D eigenvalue weighted by molar-refractivity contribution is 7.93. The van der Waals surface area contributed by atoms with Gasteiger partial charge in [-0.2, -0.15) is 0 Å². The summed E-state index contributed by atoms with van der Waals surface area (Å²) in [5.74, 6) is 0. The van der Waals surface area contributed by atoms with Crippen LogP contribution in [0.3, 0.4) is 0 Å². The third-order valence-electron chi connectivity index (χ3n) is 2.61. The van der Waals surface area contributed by atoms with Crippen LogP contribution in [0.2, 0.25) is 0 Å². The number of nitrogens with two attached hydrogens (primary N) is 1. The second kappa shape index (κ2) is 6.28. The van der Waals surface area contributed by atoms with Crippen LogP contribution in [0, 0.1) is 0 Å². The first kappa shape index (κ1) is 16.8. The normalized spacial score (nSPS) is 12.3. The molecule has 22 heavy (non-hydrogen) atoms. The monoisotopic (exact) mass is 362 g/mol. The van der Waals surface area contributed by atoms with Crippen molar-refractivity contribution in [1.82, 2.24) is 10.2 Å². The van der Waals surface area contributed by atoms with E-state index in [1.54, 1.807) is 25.1 Å². The number of benzene rings is 1. The van der Waals surface area contributed by atoms with Crippen LogP contribution >= 0.6 is 11.3 Å².